The Hall–Kier alpha value is -1.81. The van der Waals surface area contributed by atoms with Crippen molar-refractivity contribution in [3.05, 3.63) is 64.6 Å². The first-order valence-corrected chi connectivity index (χ1v) is 7.70. The van der Waals surface area contributed by atoms with Gasteiger partial charge in [0.2, 0.25) is 0 Å². The number of hydrogen-bond donors (Lipinski definition) is 2. The van der Waals surface area contributed by atoms with Gasteiger partial charge in [-0.2, -0.15) is 0 Å². The van der Waals surface area contributed by atoms with Gasteiger partial charge in [0.05, 0.1) is 0 Å². The van der Waals surface area contributed by atoms with Crippen molar-refractivity contribution < 1.29 is 9.90 Å². The van der Waals surface area contributed by atoms with Crippen molar-refractivity contribution in [2.45, 2.75) is 25.3 Å². The van der Waals surface area contributed by atoms with Crippen molar-refractivity contribution in [3.63, 3.8) is 0 Å². The predicted octanol–water partition coefficient (Wildman–Crippen LogP) is 4.64. The molecule has 2 rings (SSSR count). The molecule has 0 amide bonds. The number of carboxylic acid groups (broad SMARTS) is 1. The minimum absolute atomic E-state index is 0.516. The van der Waals surface area contributed by atoms with Gasteiger partial charge in [0.25, 0.3) is 0 Å². The first-order chi connectivity index (χ1) is 10.1. The topological polar surface area (TPSA) is 49.3 Å². The second-order valence-corrected chi connectivity index (χ2v) is 5.87. The van der Waals surface area contributed by atoms with Gasteiger partial charge in [-0.05, 0) is 36.2 Å². The van der Waals surface area contributed by atoms with Gasteiger partial charge in [-0.1, -0.05) is 59.6 Å². The van der Waals surface area contributed by atoms with E-state index in [4.69, 9.17) is 0 Å². The van der Waals surface area contributed by atoms with Crippen LogP contribution in [-0.4, -0.2) is 11.1 Å². The number of nitrogens with one attached hydrogen (secondary N) is 1. The molecular formula is C17H18BrNO2. The Morgan fingerprint density at radius 2 is 1.76 bits per heavy atom. The van der Waals surface area contributed by atoms with Crippen LogP contribution >= 0.6 is 15.9 Å². The van der Waals surface area contributed by atoms with Crippen LogP contribution in [0, 0.1) is 0 Å². The highest BCUT2D eigenvalue weighted by atomic mass is 79.9. The SMILES string of the molecule is CCCC(Nc1ccc(Br)cc1)(C(=O)O)c1ccccc1. The average molecular weight is 348 g/mol. The van der Waals surface area contributed by atoms with Crippen molar-refractivity contribution in [2.75, 3.05) is 5.32 Å². The molecule has 1 atom stereocenters. The number of benzene rings is 2. The average Bonchev–Trinajstić information content (AvgIpc) is 2.49. The van der Waals surface area contributed by atoms with E-state index in [1.54, 1.807) is 0 Å². The fourth-order valence-electron chi connectivity index (χ4n) is 2.44. The maximum Gasteiger partial charge on any atom is 0.334 e. The quantitative estimate of drug-likeness (QED) is 0.800. The zero-order valence-electron chi connectivity index (χ0n) is 11.8. The summed E-state index contributed by atoms with van der Waals surface area (Å²) in [7, 11) is 0. The molecule has 0 saturated heterocycles. The predicted molar refractivity (Wildman–Crippen MR) is 88.4 cm³/mol. The minimum Gasteiger partial charge on any atom is -0.479 e. The fourth-order valence-corrected chi connectivity index (χ4v) is 2.70. The Morgan fingerprint density at radius 1 is 1.14 bits per heavy atom. The Morgan fingerprint density at radius 3 is 2.29 bits per heavy atom. The molecule has 2 aromatic rings. The third-order valence-electron chi connectivity index (χ3n) is 3.46. The van der Waals surface area contributed by atoms with E-state index in [-0.39, 0.29) is 0 Å². The van der Waals surface area contributed by atoms with Crippen LogP contribution in [0.3, 0.4) is 0 Å². The summed E-state index contributed by atoms with van der Waals surface area (Å²) in [6.07, 6.45) is 1.28. The lowest BCUT2D eigenvalue weighted by Gasteiger charge is -2.32. The molecule has 0 aromatic heterocycles. The number of carbonyl (C=O) groups is 1. The van der Waals surface area contributed by atoms with E-state index >= 15 is 0 Å². The number of halogens is 1. The van der Waals surface area contributed by atoms with E-state index in [0.29, 0.717) is 6.42 Å². The standard InChI is InChI=1S/C17H18BrNO2/c1-2-12-17(16(20)21,13-6-4-3-5-7-13)19-15-10-8-14(18)9-11-15/h3-11,19H,2,12H2,1H3,(H,20,21). The molecular weight excluding hydrogens is 330 g/mol. The summed E-state index contributed by atoms with van der Waals surface area (Å²) in [5, 5.41) is 13.1. The summed E-state index contributed by atoms with van der Waals surface area (Å²) in [5.41, 5.74) is 0.448. The lowest BCUT2D eigenvalue weighted by Crippen LogP contribution is -2.43. The van der Waals surface area contributed by atoms with Gasteiger partial charge in [-0.3, -0.25) is 0 Å². The zero-order chi connectivity index (χ0) is 15.3. The van der Waals surface area contributed by atoms with Crippen LogP contribution in [0.4, 0.5) is 5.69 Å². The second-order valence-electron chi connectivity index (χ2n) is 4.96. The van der Waals surface area contributed by atoms with Gasteiger partial charge in [0, 0.05) is 10.2 Å². The van der Waals surface area contributed by atoms with Crippen LogP contribution in [-0.2, 0) is 10.3 Å². The van der Waals surface area contributed by atoms with Crippen molar-refractivity contribution in [2.24, 2.45) is 0 Å². The largest absolute Gasteiger partial charge is 0.479 e. The lowest BCUT2D eigenvalue weighted by atomic mass is 9.85. The van der Waals surface area contributed by atoms with Crippen LogP contribution < -0.4 is 5.32 Å². The molecule has 2 N–H and O–H groups in total. The molecule has 4 heteroatoms. The molecule has 0 heterocycles. The smallest absolute Gasteiger partial charge is 0.334 e. The van der Waals surface area contributed by atoms with E-state index in [2.05, 4.69) is 21.2 Å². The maximum atomic E-state index is 12.0. The molecule has 110 valence electrons. The molecule has 3 nitrogen and oxygen atoms in total. The molecule has 0 radical (unpaired) electrons. The van der Waals surface area contributed by atoms with E-state index in [1.807, 2.05) is 61.5 Å². The second kappa shape index (κ2) is 6.76. The molecule has 0 aliphatic heterocycles. The normalized spacial score (nSPS) is 13.4. The Kier molecular flexibility index (Phi) is 5.02. The molecule has 0 fully saturated rings. The van der Waals surface area contributed by atoms with Gasteiger partial charge in [0.15, 0.2) is 5.54 Å². The van der Waals surface area contributed by atoms with Crippen LogP contribution in [0.25, 0.3) is 0 Å². The number of rotatable bonds is 6. The summed E-state index contributed by atoms with van der Waals surface area (Å²) in [5.74, 6) is -0.863. The summed E-state index contributed by atoms with van der Waals surface area (Å²) in [6.45, 7) is 1.99. The summed E-state index contributed by atoms with van der Waals surface area (Å²) >= 11 is 3.39. The minimum atomic E-state index is -1.11. The molecule has 0 bridgehead atoms. The Balaban J connectivity index is 2.44. The van der Waals surface area contributed by atoms with Gasteiger partial charge >= 0.3 is 5.97 Å². The number of hydrogen-bond acceptors (Lipinski definition) is 2. The van der Waals surface area contributed by atoms with Crippen molar-refractivity contribution >= 4 is 27.6 Å². The van der Waals surface area contributed by atoms with Crippen molar-refractivity contribution in [1.82, 2.24) is 0 Å². The molecule has 0 aliphatic rings. The zero-order valence-corrected chi connectivity index (χ0v) is 13.4. The van der Waals surface area contributed by atoms with Crippen LogP contribution in [0.5, 0.6) is 0 Å². The molecule has 1 unspecified atom stereocenters. The third-order valence-corrected chi connectivity index (χ3v) is 3.99. The number of aliphatic carboxylic acids is 1. The lowest BCUT2D eigenvalue weighted by molar-refractivity contribution is -0.143. The van der Waals surface area contributed by atoms with Crippen molar-refractivity contribution in [1.29, 1.82) is 0 Å². The summed E-state index contributed by atoms with van der Waals surface area (Å²) in [4.78, 5) is 12.0. The van der Waals surface area contributed by atoms with E-state index in [9.17, 15) is 9.90 Å². The monoisotopic (exact) mass is 347 g/mol. The van der Waals surface area contributed by atoms with Crippen LogP contribution in [0.1, 0.15) is 25.3 Å². The van der Waals surface area contributed by atoms with Gasteiger partial charge < -0.3 is 10.4 Å². The molecule has 21 heavy (non-hydrogen) atoms. The van der Waals surface area contributed by atoms with Crippen molar-refractivity contribution in [3.8, 4) is 0 Å². The van der Waals surface area contributed by atoms with Crippen LogP contribution in [0.15, 0.2) is 59.1 Å². The van der Waals surface area contributed by atoms with Crippen LogP contribution in [0.2, 0.25) is 0 Å². The maximum absolute atomic E-state index is 12.0. The third kappa shape index (κ3) is 3.45. The molecule has 0 spiro atoms. The first-order valence-electron chi connectivity index (χ1n) is 6.91. The van der Waals surface area contributed by atoms with E-state index in [1.165, 1.54) is 0 Å². The van der Waals surface area contributed by atoms with E-state index in [0.717, 1.165) is 22.1 Å². The van der Waals surface area contributed by atoms with Gasteiger partial charge in [-0.25, -0.2) is 4.79 Å². The highest BCUT2D eigenvalue weighted by Gasteiger charge is 2.39. The highest BCUT2D eigenvalue weighted by Crippen LogP contribution is 2.32. The molecule has 0 saturated carbocycles. The molecule has 2 aromatic carbocycles. The first kappa shape index (κ1) is 15.6. The Labute approximate surface area is 133 Å². The van der Waals surface area contributed by atoms with Gasteiger partial charge in [0.1, 0.15) is 0 Å². The van der Waals surface area contributed by atoms with Gasteiger partial charge in [-0.15, -0.1) is 0 Å². The summed E-state index contributed by atoms with van der Waals surface area (Å²) in [6, 6.07) is 16.9. The number of anilines is 1. The highest BCUT2D eigenvalue weighted by molar-refractivity contribution is 9.10. The number of carboxylic acids is 1. The fraction of sp³-hybridized carbons (Fsp3) is 0.235. The molecule has 0 aliphatic carbocycles. The Bertz CT molecular complexity index is 598. The van der Waals surface area contributed by atoms with E-state index < -0.39 is 11.5 Å². The summed E-state index contributed by atoms with van der Waals surface area (Å²) < 4.78 is 0.962.